The normalized spacial score (nSPS) is 32.4. The van der Waals surface area contributed by atoms with Gasteiger partial charge in [0.25, 0.3) is 0 Å². The number of nitrogen functional groups attached to an aromatic ring is 1. The van der Waals surface area contributed by atoms with E-state index >= 15 is 0 Å². The molecular formula is C12H13N5O3S. The molecular weight excluding hydrogens is 294 g/mol. The Kier molecular flexibility index (Phi) is 3.26. The van der Waals surface area contributed by atoms with Crippen molar-refractivity contribution in [3.63, 3.8) is 0 Å². The van der Waals surface area contributed by atoms with Gasteiger partial charge in [-0.05, 0) is 12.1 Å². The van der Waals surface area contributed by atoms with Crippen molar-refractivity contribution in [2.24, 2.45) is 0 Å². The molecule has 2 aromatic heterocycles. The number of hydrogen-bond acceptors (Lipinski definition) is 8. The first-order valence-corrected chi connectivity index (χ1v) is 7.08. The van der Waals surface area contributed by atoms with Crippen LogP contribution in [0, 0.1) is 11.3 Å². The third-order valence-corrected chi connectivity index (χ3v) is 5.31. The number of rotatable bonds is 2. The molecule has 0 aliphatic carbocycles. The Morgan fingerprint density at radius 2 is 2.24 bits per heavy atom. The molecule has 4 atom stereocenters. The molecule has 2 aromatic rings. The fourth-order valence-corrected chi connectivity index (χ4v) is 4.01. The fraction of sp³-hybridized carbons (Fsp3) is 0.417. The first-order chi connectivity index (χ1) is 10.0. The van der Waals surface area contributed by atoms with Gasteiger partial charge in [0.2, 0.25) is 0 Å². The minimum Gasteiger partial charge on any atom is -0.395 e. The molecule has 0 aromatic carbocycles. The Hall–Kier alpha value is -1.86. The lowest BCUT2D eigenvalue weighted by molar-refractivity contribution is 0.00826. The number of thioether (sulfide) groups is 1. The molecule has 0 amide bonds. The van der Waals surface area contributed by atoms with Crippen molar-refractivity contribution in [3.05, 3.63) is 24.2 Å². The van der Waals surface area contributed by atoms with E-state index in [0.29, 0.717) is 11.2 Å². The molecule has 1 fully saturated rings. The van der Waals surface area contributed by atoms with E-state index in [0.717, 1.165) is 11.8 Å². The molecule has 1 aliphatic rings. The highest BCUT2D eigenvalue weighted by Crippen LogP contribution is 2.50. The minimum atomic E-state index is -1.43. The SMILES string of the molecule is N#C[C@@]1(c2ccc3c(N)ncnn23)S[C@H](CO)[C@@H](O)[C@H]1O. The topological polar surface area (TPSA) is 141 Å². The van der Waals surface area contributed by atoms with Gasteiger partial charge in [0, 0.05) is 0 Å². The summed E-state index contributed by atoms with van der Waals surface area (Å²) in [6.45, 7) is -0.341. The smallest absolute Gasteiger partial charge is 0.173 e. The summed E-state index contributed by atoms with van der Waals surface area (Å²) >= 11 is 1.02. The zero-order valence-corrected chi connectivity index (χ0v) is 11.6. The maximum atomic E-state index is 10.3. The lowest BCUT2D eigenvalue weighted by Gasteiger charge is -2.24. The standard InChI is InChI=1S/C12H13N5O3S/c13-4-12(10(20)9(19)7(3-18)21-12)8-2-1-6-11(14)15-5-16-17(6)8/h1-2,5,7,9-10,18-20H,3H2,(H2,14,15,16)/t7-,9-,10-,12+/m1/s1. The highest BCUT2D eigenvalue weighted by atomic mass is 32.2. The highest BCUT2D eigenvalue weighted by molar-refractivity contribution is 8.01. The molecule has 0 unspecified atom stereocenters. The van der Waals surface area contributed by atoms with Crippen LogP contribution in [0.1, 0.15) is 5.69 Å². The summed E-state index contributed by atoms with van der Waals surface area (Å²) in [5, 5.41) is 42.6. The maximum Gasteiger partial charge on any atom is 0.173 e. The van der Waals surface area contributed by atoms with Crippen molar-refractivity contribution in [2.75, 3.05) is 12.3 Å². The quantitative estimate of drug-likeness (QED) is 0.545. The summed E-state index contributed by atoms with van der Waals surface area (Å²) in [5.74, 6) is 0.251. The number of hydrogen-bond donors (Lipinski definition) is 4. The van der Waals surface area contributed by atoms with Gasteiger partial charge in [-0.25, -0.2) is 9.50 Å². The summed E-state index contributed by atoms with van der Waals surface area (Å²) in [4.78, 5) is 3.87. The third-order valence-electron chi connectivity index (χ3n) is 3.67. The van der Waals surface area contributed by atoms with Crippen molar-refractivity contribution in [3.8, 4) is 6.07 Å². The predicted molar refractivity (Wildman–Crippen MR) is 75.2 cm³/mol. The molecule has 5 N–H and O–H groups in total. The first-order valence-electron chi connectivity index (χ1n) is 6.20. The summed E-state index contributed by atoms with van der Waals surface area (Å²) in [6, 6.07) is 5.32. The van der Waals surface area contributed by atoms with Gasteiger partial charge in [-0.1, -0.05) is 0 Å². The number of aliphatic hydroxyl groups excluding tert-OH is 3. The molecule has 21 heavy (non-hydrogen) atoms. The van der Waals surface area contributed by atoms with E-state index in [1.165, 1.54) is 10.8 Å². The van der Waals surface area contributed by atoms with Crippen LogP contribution in [0.4, 0.5) is 5.82 Å². The highest BCUT2D eigenvalue weighted by Gasteiger charge is 2.56. The second-order valence-electron chi connectivity index (χ2n) is 4.78. The van der Waals surface area contributed by atoms with E-state index < -0.39 is 22.2 Å². The molecule has 0 radical (unpaired) electrons. The zero-order valence-electron chi connectivity index (χ0n) is 10.8. The number of nitriles is 1. The van der Waals surface area contributed by atoms with Crippen LogP contribution in [0.3, 0.4) is 0 Å². The van der Waals surface area contributed by atoms with Crippen molar-refractivity contribution >= 4 is 23.1 Å². The van der Waals surface area contributed by atoms with Crippen molar-refractivity contribution in [1.29, 1.82) is 5.26 Å². The summed E-state index contributed by atoms with van der Waals surface area (Å²) in [5.41, 5.74) is 6.66. The Balaban J connectivity index is 2.20. The number of fused-ring (bicyclic) bond motifs is 1. The van der Waals surface area contributed by atoms with Crippen LogP contribution < -0.4 is 5.73 Å². The lowest BCUT2D eigenvalue weighted by Crippen LogP contribution is -2.39. The zero-order chi connectivity index (χ0) is 15.2. The van der Waals surface area contributed by atoms with E-state index in [2.05, 4.69) is 16.2 Å². The van der Waals surface area contributed by atoms with Crippen LogP contribution in [0.5, 0.6) is 0 Å². The largest absolute Gasteiger partial charge is 0.395 e. The Bertz CT molecular complexity index is 729. The van der Waals surface area contributed by atoms with E-state index in [4.69, 9.17) is 5.73 Å². The van der Waals surface area contributed by atoms with Gasteiger partial charge in [0.05, 0.1) is 29.7 Å². The molecule has 3 heterocycles. The van der Waals surface area contributed by atoms with E-state index in [-0.39, 0.29) is 12.4 Å². The Morgan fingerprint density at radius 3 is 2.86 bits per heavy atom. The van der Waals surface area contributed by atoms with Gasteiger partial charge < -0.3 is 21.1 Å². The Labute approximate surface area is 123 Å². The van der Waals surface area contributed by atoms with Crippen LogP contribution in [-0.2, 0) is 4.75 Å². The molecule has 3 rings (SSSR count). The molecule has 0 bridgehead atoms. The van der Waals surface area contributed by atoms with Crippen LogP contribution in [0.25, 0.3) is 5.52 Å². The van der Waals surface area contributed by atoms with Crippen LogP contribution in [0.2, 0.25) is 0 Å². The first kappa shape index (κ1) is 14.1. The number of anilines is 1. The minimum absolute atomic E-state index is 0.251. The number of nitrogens with two attached hydrogens (primary N) is 1. The average molecular weight is 307 g/mol. The molecule has 9 heteroatoms. The molecule has 0 saturated carbocycles. The molecule has 1 saturated heterocycles. The van der Waals surface area contributed by atoms with E-state index in [1.54, 1.807) is 12.1 Å². The lowest BCUT2D eigenvalue weighted by atomic mass is 9.94. The average Bonchev–Trinajstić information content (AvgIpc) is 3.03. The molecule has 1 aliphatic heterocycles. The third kappa shape index (κ3) is 1.81. The molecule has 8 nitrogen and oxygen atoms in total. The maximum absolute atomic E-state index is 10.3. The summed E-state index contributed by atoms with van der Waals surface area (Å²) in [7, 11) is 0. The number of aromatic nitrogens is 3. The van der Waals surface area contributed by atoms with Gasteiger partial charge in [-0.2, -0.15) is 10.4 Å². The number of nitrogens with zero attached hydrogens (tertiary/aromatic N) is 4. The van der Waals surface area contributed by atoms with Gasteiger partial charge >= 0.3 is 0 Å². The van der Waals surface area contributed by atoms with Crippen molar-refractivity contribution < 1.29 is 15.3 Å². The van der Waals surface area contributed by atoms with Gasteiger partial charge in [0.15, 0.2) is 10.6 Å². The van der Waals surface area contributed by atoms with Crippen LogP contribution in [-0.4, -0.2) is 54.0 Å². The second kappa shape index (κ2) is 4.85. The van der Waals surface area contributed by atoms with Crippen molar-refractivity contribution in [1.82, 2.24) is 14.6 Å². The molecule has 110 valence electrons. The summed E-state index contributed by atoms with van der Waals surface area (Å²) in [6.07, 6.45) is -1.30. The van der Waals surface area contributed by atoms with Gasteiger partial charge in [0.1, 0.15) is 17.9 Å². The summed E-state index contributed by atoms with van der Waals surface area (Å²) < 4.78 is -0.00568. The Morgan fingerprint density at radius 1 is 1.48 bits per heavy atom. The van der Waals surface area contributed by atoms with E-state index in [1.807, 2.05) is 0 Å². The van der Waals surface area contributed by atoms with Gasteiger partial charge in [-0.3, -0.25) is 0 Å². The van der Waals surface area contributed by atoms with Crippen molar-refractivity contribution in [2.45, 2.75) is 22.2 Å². The van der Waals surface area contributed by atoms with Crippen LogP contribution in [0.15, 0.2) is 18.5 Å². The monoisotopic (exact) mass is 307 g/mol. The van der Waals surface area contributed by atoms with Crippen LogP contribution >= 0.6 is 11.8 Å². The van der Waals surface area contributed by atoms with E-state index in [9.17, 15) is 20.6 Å². The van der Waals surface area contributed by atoms with Gasteiger partial charge in [-0.15, -0.1) is 11.8 Å². The fourth-order valence-electron chi connectivity index (χ4n) is 2.56. The predicted octanol–water partition coefficient (Wildman–Crippen LogP) is -1.14. The number of aliphatic hydroxyl groups is 3. The molecule has 0 spiro atoms. The second-order valence-corrected chi connectivity index (χ2v) is 6.27.